The van der Waals surface area contributed by atoms with Gasteiger partial charge in [0.05, 0.1) is 10.5 Å². The van der Waals surface area contributed by atoms with Crippen LogP contribution in [-0.4, -0.2) is 54.8 Å². The summed E-state index contributed by atoms with van der Waals surface area (Å²) in [6.45, 7) is 4.69. The predicted molar refractivity (Wildman–Crippen MR) is 104 cm³/mol. The van der Waals surface area contributed by atoms with Crippen molar-refractivity contribution in [2.45, 2.75) is 18.7 Å². The van der Waals surface area contributed by atoms with Gasteiger partial charge < -0.3 is 10.0 Å². The molecule has 0 unspecified atom stereocenters. The number of piperazine rings is 1. The fourth-order valence-corrected chi connectivity index (χ4v) is 4.68. The molecule has 1 aliphatic heterocycles. The van der Waals surface area contributed by atoms with Crippen LogP contribution in [0.15, 0.2) is 41.3 Å². The number of benzene rings is 2. The molecule has 0 aliphatic carbocycles. The molecular formula is C19H21ClN2O4S. The van der Waals surface area contributed by atoms with Gasteiger partial charge >= 0.3 is 0 Å². The lowest BCUT2D eigenvalue weighted by Crippen LogP contribution is -2.50. The smallest absolute Gasteiger partial charge is 0.257 e. The fourth-order valence-electron chi connectivity index (χ4n) is 3.00. The first-order valence-electron chi connectivity index (χ1n) is 8.55. The zero-order valence-corrected chi connectivity index (χ0v) is 16.7. The number of aryl methyl sites for hydroxylation is 2. The molecule has 1 saturated heterocycles. The highest BCUT2D eigenvalue weighted by molar-refractivity contribution is 7.89. The number of hydrogen-bond acceptors (Lipinski definition) is 4. The maximum atomic E-state index is 12.9. The largest absolute Gasteiger partial charge is 0.507 e. The zero-order chi connectivity index (χ0) is 19.8. The second-order valence-electron chi connectivity index (χ2n) is 6.60. The van der Waals surface area contributed by atoms with Crippen LogP contribution in [0.5, 0.6) is 5.75 Å². The Labute approximate surface area is 164 Å². The van der Waals surface area contributed by atoms with Crippen LogP contribution < -0.4 is 0 Å². The number of carbonyl (C=O) groups is 1. The molecule has 1 aliphatic rings. The highest BCUT2D eigenvalue weighted by Gasteiger charge is 2.31. The average molecular weight is 409 g/mol. The van der Waals surface area contributed by atoms with Crippen molar-refractivity contribution in [2.75, 3.05) is 26.2 Å². The maximum Gasteiger partial charge on any atom is 0.257 e. The molecule has 1 fully saturated rings. The molecule has 27 heavy (non-hydrogen) atoms. The number of carbonyl (C=O) groups excluding carboxylic acids is 1. The van der Waals surface area contributed by atoms with Gasteiger partial charge in [-0.1, -0.05) is 17.7 Å². The first-order valence-corrected chi connectivity index (χ1v) is 10.4. The lowest BCUT2D eigenvalue weighted by Gasteiger charge is -2.34. The quantitative estimate of drug-likeness (QED) is 0.847. The van der Waals surface area contributed by atoms with E-state index >= 15 is 0 Å². The molecule has 0 radical (unpaired) electrons. The SMILES string of the molecule is Cc1ccc(S(=O)(=O)N2CCN(C(=O)c3cc(Cl)ccc3O)CC2)cc1C. The molecule has 2 aromatic carbocycles. The lowest BCUT2D eigenvalue weighted by molar-refractivity contribution is 0.0695. The van der Waals surface area contributed by atoms with Gasteiger partial charge in [0.25, 0.3) is 5.91 Å². The van der Waals surface area contributed by atoms with Crippen LogP contribution >= 0.6 is 11.6 Å². The molecule has 1 heterocycles. The van der Waals surface area contributed by atoms with Gasteiger partial charge in [0, 0.05) is 31.2 Å². The van der Waals surface area contributed by atoms with Gasteiger partial charge in [-0.15, -0.1) is 0 Å². The number of hydrogen-bond donors (Lipinski definition) is 1. The van der Waals surface area contributed by atoms with Crippen LogP contribution in [0.1, 0.15) is 21.5 Å². The summed E-state index contributed by atoms with van der Waals surface area (Å²) >= 11 is 5.91. The van der Waals surface area contributed by atoms with Gasteiger partial charge in [-0.05, 0) is 55.3 Å². The summed E-state index contributed by atoms with van der Waals surface area (Å²) in [5.41, 5.74) is 2.07. The molecule has 0 aromatic heterocycles. The molecule has 8 heteroatoms. The van der Waals surface area contributed by atoms with Crippen LogP contribution in [0, 0.1) is 13.8 Å². The van der Waals surface area contributed by atoms with Gasteiger partial charge in [-0.2, -0.15) is 4.31 Å². The molecule has 1 N–H and O–H groups in total. The second kappa shape index (κ2) is 7.50. The number of nitrogens with zero attached hydrogens (tertiary/aromatic N) is 2. The molecule has 144 valence electrons. The molecule has 2 aromatic rings. The molecule has 0 atom stereocenters. The van der Waals surface area contributed by atoms with E-state index in [1.807, 2.05) is 13.8 Å². The van der Waals surface area contributed by atoms with E-state index in [1.165, 1.54) is 27.4 Å². The number of amides is 1. The summed E-state index contributed by atoms with van der Waals surface area (Å²) < 4.78 is 27.1. The van der Waals surface area contributed by atoms with Crippen molar-refractivity contribution in [3.8, 4) is 5.75 Å². The van der Waals surface area contributed by atoms with E-state index in [-0.39, 0.29) is 48.3 Å². The minimum absolute atomic E-state index is 0.118. The Bertz CT molecular complexity index is 983. The Kier molecular flexibility index (Phi) is 5.46. The Hall–Kier alpha value is -2.09. The molecule has 0 saturated carbocycles. The monoisotopic (exact) mass is 408 g/mol. The average Bonchev–Trinajstić information content (AvgIpc) is 2.65. The van der Waals surface area contributed by atoms with Crippen molar-refractivity contribution >= 4 is 27.5 Å². The van der Waals surface area contributed by atoms with E-state index in [2.05, 4.69) is 0 Å². The number of sulfonamides is 1. The Balaban J connectivity index is 1.73. The minimum atomic E-state index is -3.61. The summed E-state index contributed by atoms with van der Waals surface area (Å²) in [5, 5.41) is 10.3. The fraction of sp³-hybridized carbons (Fsp3) is 0.316. The van der Waals surface area contributed by atoms with Gasteiger partial charge in [0.1, 0.15) is 5.75 Å². The van der Waals surface area contributed by atoms with E-state index in [0.29, 0.717) is 5.02 Å². The van der Waals surface area contributed by atoms with Crippen molar-refractivity contribution in [2.24, 2.45) is 0 Å². The van der Waals surface area contributed by atoms with E-state index in [4.69, 9.17) is 11.6 Å². The third kappa shape index (κ3) is 3.95. The standard InChI is InChI=1S/C19H21ClN2O4S/c1-13-3-5-16(11-14(13)2)27(25,26)22-9-7-21(8-10-22)19(24)17-12-15(20)4-6-18(17)23/h3-6,11-12,23H,7-10H2,1-2H3. The number of rotatable bonds is 3. The van der Waals surface area contributed by atoms with Crippen molar-refractivity contribution in [1.82, 2.24) is 9.21 Å². The van der Waals surface area contributed by atoms with E-state index in [0.717, 1.165) is 11.1 Å². The number of phenols is 1. The third-order valence-electron chi connectivity index (χ3n) is 4.83. The highest BCUT2D eigenvalue weighted by atomic mass is 35.5. The Morgan fingerprint density at radius 2 is 1.67 bits per heavy atom. The summed E-state index contributed by atoms with van der Waals surface area (Å²) in [7, 11) is -3.61. The minimum Gasteiger partial charge on any atom is -0.507 e. The van der Waals surface area contributed by atoms with Crippen molar-refractivity contribution in [3.05, 3.63) is 58.1 Å². The highest BCUT2D eigenvalue weighted by Crippen LogP contribution is 2.25. The van der Waals surface area contributed by atoms with Crippen molar-refractivity contribution in [1.29, 1.82) is 0 Å². The summed E-state index contributed by atoms with van der Waals surface area (Å²) in [6, 6.07) is 9.37. The second-order valence-corrected chi connectivity index (χ2v) is 8.98. The predicted octanol–water partition coefficient (Wildman–Crippen LogP) is 2.81. The molecular weight excluding hydrogens is 388 g/mol. The van der Waals surface area contributed by atoms with Gasteiger partial charge in [-0.3, -0.25) is 4.79 Å². The summed E-state index contributed by atoms with van der Waals surface area (Å²) in [5.74, 6) is -0.507. The molecule has 0 bridgehead atoms. The molecule has 1 amide bonds. The van der Waals surface area contributed by atoms with Crippen LogP contribution in [-0.2, 0) is 10.0 Å². The number of halogens is 1. The number of phenolic OH excluding ortho intramolecular Hbond substituents is 1. The third-order valence-corrected chi connectivity index (χ3v) is 6.96. The molecule has 0 spiro atoms. The van der Waals surface area contributed by atoms with E-state index < -0.39 is 10.0 Å². The Morgan fingerprint density at radius 3 is 2.30 bits per heavy atom. The van der Waals surface area contributed by atoms with E-state index in [1.54, 1.807) is 18.2 Å². The van der Waals surface area contributed by atoms with Crippen LogP contribution in [0.3, 0.4) is 0 Å². The van der Waals surface area contributed by atoms with Gasteiger partial charge in [0.2, 0.25) is 10.0 Å². The van der Waals surface area contributed by atoms with Gasteiger partial charge in [0.15, 0.2) is 0 Å². The van der Waals surface area contributed by atoms with Crippen molar-refractivity contribution < 1.29 is 18.3 Å². The van der Waals surface area contributed by atoms with Crippen LogP contribution in [0.25, 0.3) is 0 Å². The normalized spacial score (nSPS) is 15.7. The van der Waals surface area contributed by atoms with Gasteiger partial charge in [-0.25, -0.2) is 8.42 Å². The summed E-state index contributed by atoms with van der Waals surface area (Å²) in [6.07, 6.45) is 0. The van der Waals surface area contributed by atoms with Crippen LogP contribution in [0.2, 0.25) is 5.02 Å². The van der Waals surface area contributed by atoms with E-state index in [9.17, 15) is 18.3 Å². The first kappa shape index (κ1) is 19.7. The maximum absolute atomic E-state index is 12.9. The van der Waals surface area contributed by atoms with Crippen LogP contribution in [0.4, 0.5) is 0 Å². The number of aromatic hydroxyl groups is 1. The zero-order valence-electron chi connectivity index (χ0n) is 15.1. The molecule has 3 rings (SSSR count). The molecule has 6 nitrogen and oxygen atoms in total. The Morgan fingerprint density at radius 1 is 1.00 bits per heavy atom. The summed E-state index contributed by atoms with van der Waals surface area (Å²) in [4.78, 5) is 14.4. The van der Waals surface area contributed by atoms with Crippen molar-refractivity contribution in [3.63, 3.8) is 0 Å². The topological polar surface area (TPSA) is 77.9 Å². The lowest BCUT2D eigenvalue weighted by atomic mass is 10.1. The first-order chi connectivity index (χ1) is 12.7.